The minimum atomic E-state index is -0.913. The average Bonchev–Trinajstić information content (AvgIpc) is 2.41. The minimum Gasteiger partial charge on any atom is -0.481 e. The first kappa shape index (κ1) is 17.3. The third-order valence-corrected chi connectivity index (χ3v) is 3.81. The van der Waals surface area contributed by atoms with Gasteiger partial charge in [-0.1, -0.05) is 25.4 Å². The molecule has 5 heteroatoms. The second-order valence-electron chi connectivity index (χ2n) is 5.63. The number of rotatable bonds is 5. The van der Waals surface area contributed by atoms with Crippen LogP contribution in [-0.4, -0.2) is 17.6 Å². The van der Waals surface area contributed by atoms with Gasteiger partial charge in [0, 0.05) is 5.02 Å². The molecule has 1 rings (SSSR count). The van der Waals surface area contributed by atoms with Gasteiger partial charge in [0.25, 0.3) is 5.91 Å². The summed E-state index contributed by atoms with van der Waals surface area (Å²) < 4.78 is 5.65. The Kier molecular flexibility index (Phi) is 5.62. The molecular weight excluding hydrogens is 288 g/mol. The maximum absolute atomic E-state index is 12.2. The fraction of sp³-hybridized carbons (Fsp3) is 0.500. The van der Waals surface area contributed by atoms with E-state index in [-0.39, 0.29) is 11.8 Å². The van der Waals surface area contributed by atoms with Gasteiger partial charge in [-0.3, -0.25) is 4.79 Å². The molecule has 0 saturated carbocycles. The molecule has 0 aliphatic carbocycles. The van der Waals surface area contributed by atoms with Gasteiger partial charge in [0.2, 0.25) is 0 Å². The summed E-state index contributed by atoms with van der Waals surface area (Å²) in [5, 5.41) is 12.6. The molecule has 0 spiro atoms. The molecule has 1 aromatic rings. The Morgan fingerprint density at radius 2 is 2.05 bits per heavy atom. The second-order valence-corrected chi connectivity index (χ2v) is 6.06. The first-order valence-electron chi connectivity index (χ1n) is 6.85. The lowest BCUT2D eigenvalue weighted by Crippen LogP contribution is -2.52. The van der Waals surface area contributed by atoms with Crippen molar-refractivity contribution in [3.63, 3.8) is 0 Å². The number of benzene rings is 1. The van der Waals surface area contributed by atoms with Gasteiger partial charge in [0.15, 0.2) is 6.10 Å². The van der Waals surface area contributed by atoms with Crippen molar-refractivity contribution in [3.05, 3.63) is 28.8 Å². The predicted octanol–water partition coefficient (Wildman–Crippen LogP) is 3.47. The molecule has 0 unspecified atom stereocenters. The molecule has 0 saturated heterocycles. The van der Waals surface area contributed by atoms with E-state index in [4.69, 9.17) is 16.3 Å². The van der Waals surface area contributed by atoms with Crippen LogP contribution in [0.4, 0.5) is 0 Å². The molecule has 0 aliphatic rings. The summed E-state index contributed by atoms with van der Waals surface area (Å²) >= 11 is 5.89. The monoisotopic (exact) mass is 308 g/mol. The van der Waals surface area contributed by atoms with Gasteiger partial charge in [-0.15, -0.1) is 0 Å². The SMILES string of the molecule is Cc1cc(Cl)ccc1O[C@@H](C)C(=O)N[C@@](C)(C#N)C(C)C. The van der Waals surface area contributed by atoms with Gasteiger partial charge >= 0.3 is 0 Å². The molecule has 4 nitrogen and oxygen atoms in total. The van der Waals surface area contributed by atoms with Crippen LogP contribution in [0.5, 0.6) is 5.75 Å². The van der Waals surface area contributed by atoms with Gasteiger partial charge in [-0.25, -0.2) is 0 Å². The number of ether oxygens (including phenoxy) is 1. The number of nitriles is 1. The largest absolute Gasteiger partial charge is 0.481 e. The number of carbonyl (C=O) groups excluding carboxylic acids is 1. The van der Waals surface area contributed by atoms with Crippen LogP contribution >= 0.6 is 11.6 Å². The number of aryl methyl sites for hydroxylation is 1. The summed E-state index contributed by atoms with van der Waals surface area (Å²) in [4.78, 5) is 12.2. The van der Waals surface area contributed by atoms with Gasteiger partial charge in [-0.05, 0) is 50.5 Å². The number of hydrogen-bond acceptors (Lipinski definition) is 3. The lowest BCUT2D eigenvalue weighted by molar-refractivity contribution is -0.129. The summed E-state index contributed by atoms with van der Waals surface area (Å²) in [7, 11) is 0. The van der Waals surface area contributed by atoms with Crippen molar-refractivity contribution in [2.45, 2.75) is 46.3 Å². The predicted molar refractivity (Wildman–Crippen MR) is 83.3 cm³/mol. The molecule has 114 valence electrons. The van der Waals surface area contributed by atoms with E-state index >= 15 is 0 Å². The van der Waals surface area contributed by atoms with Crippen LogP contribution in [0.25, 0.3) is 0 Å². The number of nitrogens with zero attached hydrogens (tertiary/aromatic N) is 1. The van der Waals surface area contributed by atoms with Crippen LogP contribution in [0.1, 0.15) is 33.3 Å². The minimum absolute atomic E-state index is 0.00378. The Balaban J connectivity index is 2.78. The van der Waals surface area contributed by atoms with Crippen LogP contribution in [0.15, 0.2) is 18.2 Å². The zero-order valence-electron chi connectivity index (χ0n) is 13.0. The number of carbonyl (C=O) groups is 1. The van der Waals surface area contributed by atoms with Crippen molar-refractivity contribution in [2.75, 3.05) is 0 Å². The van der Waals surface area contributed by atoms with Crippen molar-refractivity contribution in [2.24, 2.45) is 5.92 Å². The Hall–Kier alpha value is -1.73. The van der Waals surface area contributed by atoms with Crippen molar-refractivity contribution >= 4 is 17.5 Å². The molecule has 0 heterocycles. The highest BCUT2D eigenvalue weighted by Crippen LogP contribution is 2.23. The van der Waals surface area contributed by atoms with E-state index in [1.165, 1.54) is 0 Å². The third-order valence-electron chi connectivity index (χ3n) is 3.58. The first-order valence-corrected chi connectivity index (χ1v) is 7.23. The average molecular weight is 309 g/mol. The molecule has 0 radical (unpaired) electrons. The Morgan fingerprint density at radius 3 is 2.52 bits per heavy atom. The summed E-state index contributed by atoms with van der Waals surface area (Å²) in [6, 6.07) is 7.35. The zero-order chi connectivity index (χ0) is 16.2. The maximum atomic E-state index is 12.2. The van der Waals surface area contributed by atoms with Crippen LogP contribution < -0.4 is 10.1 Å². The maximum Gasteiger partial charge on any atom is 0.262 e. The summed E-state index contributed by atoms with van der Waals surface area (Å²) in [6.07, 6.45) is -0.698. The molecule has 0 bridgehead atoms. The van der Waals surface area contributed by atoms with Crippen molar-refractivity contribution in [1.82, 2.24) is 5.32 Å². The number of amides is 1. The molecule has 1 amide bonds. The first-order chi connectivity index (χ1) is 9.69. The fourth-order valence-corrected chi connectivity index (χ4v) is 1.87. The molecule has 0 fully saturated rings. The van der Waals surface area contributed by atoms with E-state index < -0.39 is 11.6 Å². The highest BCUT2D eigenvalue weighted by Gasteiger charge is 2.32. The molecule has 0 aromatic heterocycles. The van der Waals surface area contributed by atoms with Gasteiger partial charge in [0.1, 0.15) is 11.3 Å². The molecule has 1 aromatic carbocycles. The number of hydrogen-bond donors (Lipinski definition) is 1. The number of nitrogens with one attached hydrogen (secondary N) is 1. The van der Waals surface area contributed by atoms with Crippen LogP contribution in [0, 0.1) is 24.2 Å². The van der Waals surface area contributed by atoms with Gasteiger partial charge in [-0.2, -0.15) is 5.26 Å². The van der Waals surface area contributed by atoms with Gasteiger partial charge < -0.3 is 10.1 Å². The van der Waals surface area contributed by atoms with E-state index in [9.17, 15) is 10.1 Å². The second kappa shape index (κ2) is 6.82. The fourth-order valence-electron chi connectivity index (χ4n) is 1.65. The van der Waals surface area contributed by atoms with E-state index in [1.807, 2.05) is 20.8 Å². The smallest absolute Gasteiger partial charge is 0.262 e. The molecule has 21 heavy (non-hydrogen) atoms. The van der Waals surface area contributed by atoms with E-state index in [1.54, 1.807) is 32.0 Å². The van der Waals surface area contributed by atoms with E-state index in [0.717, 1.165) is 5.56 Å². The van der Waals surface area contributed by atoms with Gasteiger partial charge in [0.05, 0.1) is 6.07 Å². The number of halogens is 1. The van der Waals surface area contributed by atoms with E-state index in [2.05, 4.69) is 11.4 Å². The van der Waals surface area contributed by atoms with Crippen LogP contribution in [0.2, 0.25) is 5.02 Å². The van der Waals surface area contributed by atoms with Crippen molar-refractivity contribution in [3.8, 4) is 11.8 Å². The summed E-state index contributed by atoms with van der Waals surface area (Å²) in [5.41, 5.74) is -0.0573. The topological polar surface area (TPSA) is 62.1 Å². The Bertz CT molecular complexity index is 566. The lowest BCUT2D eigenvalue weighted by Gasteiger charge is -2.29. The zero-order valence-corrected chi connectivity index (χ0v) is 13.8. The standard InChI is InChI=1S/C16H21ClN2O2/c1-10(2)16(5,9-18)19-15(20)12(4)21-14-7-6-13(17)8-11(14)3/h6-8,10,12H,1-5H3,(H,19,20)/t12-,16-/m0/s1. The molecule has 0 aliphatic heterocycles. The highest BCUT2D eigenvalue weighted by atomic mass is 35.5. The van der Waals surface area contributed by atoms with E-state index in [0.29, 0.717) is 10.8 Å². The molecule has 2 atom stereocenters. The lowest BCUT2D eigenvalue weighted by atomic mass is 9.90. The highest BCUT2D eigenvalue weighted by molar-refractivity contribution is 6.30. The quantitative estimate of drug-likeness (QED) is 0.906. The van der Waals surface area contributed by atoms with Crippen molar-refractivity contribution < 1.29 is 9.53 Å². The Labute approximate surface area is 131 Å². The van der Waals surface area contributed by atoms with Crippen LogP contribution in [-0.2, 0) is 4.79 Å². The Morgan fingerprint density at radius 1 is 1.43 bits per heavy atom. The molecular formula is C16H21ClN2O2. The molecule has 1 N–H and O–H groups in total. The van der Waals surface area contributed by atoms with Crippen molar-refractivity contribution in [1.29, 1.82) is 5.26 Å². The third kappa shape index (κ3) is 4.37. The summed E-state index contributed by atoms with van der Waals surface area (Å²) in [6.45, 7) is 8.99. The normalized spacial score (nSPS) is 15.0. The summed E-state index contributed by atoms with van der Waals surface area (Å²) in [5.74, 6) is 0.281. The van der Waals surface area contributed by atoms with Crippen LogP contribution in [0.3, 0.4) is 0 Å².